The van der Waals surface area contributed by atoms with Crippen LogP contribution in [0.5, 0.6) is 0 Å². The zero-order chi connectivity index (χ0) is 14.7. The largest absolute Gasteiger partial charge is 0.433 e. The summed E-state index contributed by atoms with van der Waals surface area (Å²) in [6.45, 7) is 4.11. The summed E-state index contributed by atoms with van der Waals surface area (Å²) in [5.41, 5.74) is 0. The molecule has 0 saturated heterocycles. The first-order valence-corrected chi connectivity index (χ1v) is 6.65. The molecule has 0 radical (unpaired) electrons. The Balaban J connectivity index is 2.03. The molecule has 2 aromatic rings. The minimum atomic E-state index is -0.706. The lowest BCUT2D eigenvalue weighted by Gasteiger charge is -1.97. The normalized spacial score (nSPS) is 10.8. The zero-order valence-corrected chi connectivity index (χ0v) is 11.6. The van der Waals surface area contributed by atoms with Crippen LogP contribution in [0.1, 0.15) is 29.4 Å². The van der Waals surface area contributed by atoms with Crippen LogP contribution in [0, 0.1) is 16.0 Å². The van der Waals surface area contributed by atoms with E-state index >= 15 is 0 Å². The minimum Gasteiger partial charge on any atom is -0.395 e. The number of nitro groups is 1. The standard InChI is InChI=1S/C11H12N4O4S/c1-6(2)5-8-13-14-11(20-8)12-10(16)7-3-4-9(19-7)15(17)18/h3-4,6H,5H2,1-2H3,(H,12,14,16). The Morgan fingerprint density at radius 1 is 1.50 bits per heavy atom. The molecular formula is C11H12N4O4S. The molecule has 0 bridgehead atoms. The molecule has 2 heterocycles. The van der Waals surface area contributed by atoms with E-state index in [0.717, 1.165) is 17.5 Å². The van der Waals surface area contributed by atoms with Crippen LogP contribution in [-0.4, -0.2) is 21.0 Å². The molecule has 0 aliphatic carbocycles. The fraction of sp³-hybridized carbons (Fsp3) is 0.364. The maximum Gasteiger partial charge on any atom is 0.433 e. The van der Waals surface area contributed by atoms with Crippen molar-refractivity contribution in [1.82, 2.24) is 10.2 Å². The van der Waals surface area contributed by atoms with Crippen molar-refractivity contribution < 1.29 is 14.1 Å². The molecule has 20 heavy (non-hydrogen) atoms. The maximum absolute atomic E-state index is 11.8. The summed E-state index contributed by atoms with van der Waals surface area (Å²) in [5, 5.41) is 21.9. The van der Waals surface area contributed by atoms with Crippen molar-refractivity contribution in [3.63, 3.8) is 0 Å². The molecule has 0 atom stereocenters. The third-order valence-corrected chi connectivity index (χ3v) is 3.13. The predicted octanol–water partition coefficient (Wildman–Crippen LogP) is 2.49. The van der Waals surface area contributed by atoms with Crippen molar-refractivity contribution in [2.75, 3.05) is 5.32 Å². The number of anilines is 1. The zero-order valence-electron chi connectivity index (χ0n) is 10.8. The molecule has 8 nitrogen and oxygen atoms in total. The summed E-state index contributed by atoms with van der Waals surface area (Å²) >= 11 is 1.27. The Hall–Kier alpha value is -2.29. The molecule has 0 aromatic carbocycles. The van der Waals surface area contributed by atoms with Gasteiger partial charge in [0, 0.05) is 6.42 Å². The van der Waals surface area contributed by atoms with E-state index in [2.05, 4.69) is 29.4 Å². The van der Waals surface area contributed by atoms with Gasteiger partial charge in [-0.05, 0) is 12.0 Å². The van der Waals surface area contributed by atoms with Crippen LogP contribution >= 0.6 is 11.3 Å². The van der Waals surface area contributed by atoms with Crippen LogP contribution in [0.25, 0.3) is 0 Å². The van der Waals surface area contributed by atoms with Gasteiger partial charge < -0.3 is 4.42 Å². The van der Waals surface area contributed by atoms with Gasteiger partial charge >= 0.3 is 5.88 Å². The van der Waals surface area contributed by atoms with Crippen molar-refractivity contribution in [2.24, 2.45) is 5.92 Å². The molecule has 0 aliphatic rings. The molecule has 1 amide bonds. The van der Waals surface area contributed by atoms with Crippen molar-refractivity contribution in [1.29, 1.82) is 0 Å². The van der Waals surface area contributed by atoms with E-state index in [1.165, 1.54) is 17.4 Å². The highest BCUT2D eigenvalue weighted by atomic mass is 32.1. The second kappa shape index (κ2) is 5.78. The molecule has 1 N–H and O–H groups in total. The van der Waals surface area contributed by atoms with Gasteiger partial charge in [0.1, 0.15) is 9.93 Å². The topological polar surface area (TPSA) is 111 Å². The van der Waals surface area contributed by atoms with Crippen LogP contribution in [0.2, 0.25) is 0 Å². The summed E-state index contributed by atoms with van der Waals surface area (Å²) in [6.07, 6.45) is 0.778. The smallest absolute Gasteiger partial charge is 0.395 e. The van der Waals surface area contributed by atoms with Crippen molar-refractivity contribution in [3.8, 4) is 0 Å². The third-order valence-electron chi connectivity index (χ3n) is 2.27. The fourth-order valence-corrected chi connectivity index (χ4v) is 2.39. The number of hydrogen-bond donors (Lipinski definition) is 1. The van der Waals surface area contributed by atoms with E-state index in [1.54, 1.807) is 0 Å². The first-order chi connectivity index (χ1) is 9.45. The molecule has 2 rings (SSSR count). The molecule has 0 unspecified atom stereocenters. The highest BCUT2D eigenvalue weighted by Crippen LogP contribution is 2.20. The lowest BCUT2D eigenvalue weighted by molar-refractivity contribution is -0.402. The number of carbonyl (C=O) groups is 1. The number of carbonyl (C=O) groups excluding carboxylic acids is 1. The Bertz CT molecular complexity index is 634. The van der Waals surface area contributed by atoms with E-state index in [1.807, 2.05) is 0 Å². The van der Waals surface area contributed by atoms with Crippen LogP contribution in [0.4, 0.5) is 11.0 Å². The number of furan rings is 1. The van der Waals surface area contributed by atoms with E-state index in [4.69, 9.17) is 4.42 Å². The van der Waals surface area contributed by atoms with Gasteiger partial charge in [-0.2, -0.15) is 0 Å². The second-order valence-corrected chi connectivity index (χ2v) is 5.51. The van der Waals surface area contributed by atoms with Gasteiger partial charge in [-0.1, -0.05) is 25.2 Å². The van der Waals surface area contributed by atoms with Gasteiger partial charge in [0.15, 0.2) is 5.76 Å². The third kappa shape index (κ3) is 3.38. The van der Waals surface area contributed by atoms with Crippen LogP contribution in [-0.2, 0) is 6.42 Å². The second-order valence-electron chi connectivity index (χ2n) is 4.45. The van der Waals surface area contributed by atoms with Gasteiger partial charge in [0.05, 0.1) is 6.07 Å². The maximum atomic E-state index is 11.8. The number of nitrogens with one attached hydrogen (secondary N) is 1. The summed E-state index contributed by atoms with van der Waals surface area (Å²) in [5.74, 6) is -0.769. The summed E-state index contributed by atoms with van der Waals surface area (Å²) in [4.78, 5) is 21.5. The summed E-state index contributed by atoms with van der Waals surface area (Å²) < 4.78 is 4.80. The van der Waals surface area contributed by atoms with E-state index < -0.39 is 16.7 Å². The average molecular weight is 296 g/mol. The molecule has 0 aliphatic heterocycles. The molecule has 106 valence electrons. The van der Waals surface area contributed by atoms with Gasteiger partial charge in [-0.3, -0.25) is 20.2 Å². The Kier molecular flexibility index (Phi) is 4.08. The SMILES string of the molecule is CC(C)Cc1nnc(NC(=O)c2ccc([N+](=O)[O-])o2)s1. The monoisotopic (exact) mass is 296 g/mol. The lowest BCUT2D eigenvalue weighted by atomic mass is 10.1. The molecule has 2 aromatic heterocycles. The number of nitrogens with zero attached hydrogens (tertiary/aromatic N) is 3. The average Bonchev–Trinajstić information content (AvgIpc) is 2.97. The number of amides is 1. The van der Waals surface area contributed by atoms with Gasteiger partial charge in [-0.15, -0.1) is 10.2 Å². The van der Waals surface area contributed by atoms with Crippen molar-refractivity contribution in [2.45, 2.75) is 20.3 Å². The number of hydrogen-bond acceptors (Lipinski definition) is 7. The highest BCUT2D eigenvalue weighted by molar-refractivity contribution is 7.15. The molecule has 0 spiro atoms. The van der Waals surface area contributed by atoms with Gasteiger partial charge in [0.25, 0.3) is 5.91 Å². The van der Waals surface area contributed by atoms with Crippen LogP contribution in [0.15, 0.2) is 16.5 Å². The van der Waals surface area contributed by atoms with E-state index in [0.29, 0.717) is 11.0 Å². The summed E-state index contributed by atoms with van der Waals surface area (Å²) in [6, 6.07) is 2.36. The fourth-order valence-electron chi connectivity index (χ4n) is 1.44. The van der Waals surface area contributed by atoms with Gasteiger partial charge in [-0.25, -0.2) is 0 Å². The molecule has 9 heteroatoms. The summed E-state index contributed by atoms with van der Waals surface area (Å²) in [7, 11) is 0. The van der Waals surface area contributed by atoms with E-state index in [-0.39, 0.29) is 5.76 Å². The Morgan fingerprint density at radius 2 is 2.25 bits per heavy atom. The highest BCUT2D eigenvalue weighted by Gasteiger charge is 2.18. The minimum absolute atomic E-state index is 0.141. The number of aromatic nitrogens is 2. The lowest BCUT2D eigenvalue weighted by Crippen LogP contribution is -2.10. The molecule has 0 saturated carbocycles. The Labute approximate surface area is 118 Å². The quantitative estimate of drug-likeness (QED) is 0.670. The van der Waals surface area contributed by atoms with Gasteiger partial charge in [0.2, 0.25) is 5.13 Å². The van der Waals surface area contributed by atoms with Crippen LogP contribution in [0.3, 0.4) is 0 Å². The Morgan fingerprint density at radius 3 is 2.85 bits per heavy atom. The van der Waals surface area contributed by atoms with E-state index in [9.17, 15) is 14.9 Å². The first-order valence-electron chi connectivity index (χ1n) is 5.83. The van der Waals surface area contributed by atoms with Crippen LogP contribution < -0.4 is 5.32 Å². The number of rotatable bonds is 5. The molecule has 0 fully saturated rings. The first kappa shape index (κ1) is 14.1. The van der Waals surface area contributed by atoms with Crippen molar-refractivity contribution in [3.05, 3.63) is 33.0 Å². The van der Waals surface area contributed by atoms with Crippen molar-refractivity contribution >= 4 is 28.3 Å². The molecular weight excluding hydrogens is 284 g/mol. The predicted molar refractivity (Wildman–Crippen MR) is 71.8 cm³/mol.